The molecule has 1 aromatic heterocycles. The highest BCUT2D eigenvalue weighted by Crippen LogP contribution is 2.38. The molecule has 74 valence electrons. The van der Waals surface area contributed by atoms with Crippen molar-refractivity contribution in [2.45, 2.75) is 25.2 Å². The number of aliphatic carboxylic acids is 1. The van der Waals surface area contributed by atoms with Gasteiger partial charge in [-0.1, -0.05) is 6.42 Å². The summed E-state index contributed by atoms with van der Waals surface area (Å²) >= 11 is 0. The van der Waals surface area contributed by atoms with E-state index in [4.69, 9.17) is 5.11 Å². The van der Waals surface area contributed by atoms with Gasteiger partial charge in [-0.15, -0.1) is 0 Å². The lowest BCUT2D eigenvalue weighted by molar-refractivity contribution is -0.142. The second-order valence-electron chi connectivity index (χ2n) is 3.65. The second-order valence-corrected chi connectivity index (χ2v) is 3.65. The van der Waals surface area contributed by atoms with Gasteiger partial charge in [-0.2, -0.15) is 0 Å². The van der Waals surface area contributed by atoms with Crippen molar-refractivity contribution >= 4 is 5.97 Å². The fraction of sp³-hybridized carbons (Fsp3) is 0.500. The van der Waals surface area contributed by atoms with Crippen LogP contribution in [0.2, 0.25) is 0 Å². The highest BCUT2D eigenvalue weighted by molar-refractivity contribution is 5.71. The Morgan fingerprint density at radius 3 is 2.71 bits per heavy atom. The number of carbonyl (C=O) groups is 1. The third-order valence-electron chi connectivity index (χ3n) is 2.84. The minimum Gasteiger partial charge on any atom is -0.481 e. The molecule has 0 spiro atoms. The number of hydrogen-bond donors (Lipinski definition) is 1. The molecule has 2 atom stereocenters. The number of aromatic nitrogens is 2. The molecule has 1 fully saturated rings. The zero-order valence-electron chi connectivity index (χ0n) is 7.76. The quantitative estimate of drug-likeness (QED) is 0.770. The van der Waals surface area contributed by atoms with Gasteiger partial charge in [0.25, 0.3) is 0 Å². The normalized spacial score (nSPS) is 26.3. The maximum atomic E-state index is 10.9. The summed E-state index contributed by atoms with van der Waals surface area (Å²) in [7, 11) is 0. The molecule has 0 amide bonds. The molecule has 0 bridgehead atoms. The van der Waals surface area contributed by atoms with E-state index in [9.17, 15) is 4.79 Å². The number of hydrogen-bond acceptors (Lipinski definition) is 3. The Hall–Kier alpha value is -1.45. The Balaban J connectivity index is 2.22. The third kappa shape index (κ3) is 1.60. The van der Waals surface area contributed by atoms with Crippen LogP contribution in [0, 0.1) is 5.92 Å². The lowest BCUT2D eigenvalue weighted by atomic mass is 9.91. The molecule has 1 aromatic rings. The highest BCUT2D eigenvalue weighted by Gasteiger charge is 2.34. The van der Waals surface area contributed by atoms with Crippen molar-refractivity contribution in [1.82, 2.24) is 9.97 Å². The monoisotopic (exact) mass is 192 g/mol. The molecule has 0 saturated heterocycles. The molecule has 4 nitrogen and oxygen atoms in total. The summed E-state index contributed by atoms with van der Waals surface area (Å²) in [6.07, 6.45) is 7.60. The molecule has 1 N–H and O–H groups in total. The van der Waals surface area contributed by atoms with E-state index in [0.717, 1.165) is 24.8 Å². The Morgan fingerprint density at radius 2 is 2.07 bits per heavy atom. The van der Waals surface area contributed by atoms with E-state index in [0.29, 0.717) is 0 Å². The summed E-state index contributed by atoms with van der Waals surface area (Å²) in [6, 6.07) is 0. The van der Waals surface area contributed by atoms with Gasteiger partial charge in [0, 0.05) is 18.3 Å². The van der Waals surface area contributed by atoms with Gasteiger partial charge in [-0.3, -0.25) is 4.79 Å². The van der Waals surface area contributed by atoms with E-state index in [1.54, 1.807) is 12.4 Å². The van der Waals surface area contributed by atoms with Crippen LogP contribution in [0.5, 0.6) is 0 Å². The average Bonchev–Trinajstić information content (AvgIpc) is 2.67. The maximum absolute atomic E-state index is 10.9. The first-order chi connectivity index (χ1) is 6.79. The SMILES string of the molecule is O=C(O)C1CCCC1c1cncnc1. The van der Waals surface area contributed by atoms with Crippen LogP contribution in [0.25, 0.3) is 0 Å². The molecule has 2 unspecified atom stereocenters. The predicted molar refractivity (Wildman–Crippen MR) is 49.7 cm³/mol. The fourth-order valence-electron chi connectivity index (χ4n) is 2.16. The fourth-order valence-corrected chi connectivity index (χ4v) is 2.16. The van der Waals surface area contributed by atoms with Crippen molar-refractivity contribution in [3.63, 3.8) is 0 Å². The first-order valence-corrected chi connectivity index (χ1v) is 4.77. The van der Waals surface area contributed by atoms with E-state index in [1.807, 2.05) is 0 Å². The van der Waals surface area contributed by atoms with E-state index in [1.165, 1.54) is 6.33 Å². The standard InChI is InChI=1S/C10H12N2O2/c13-10(14)9-3-1-2-8(9)7-4-11-6-12-5-7/h4-6,8-9H,1-3H2,(H,13,14). The molecule has 0 radical (unpaired) electrons. The largest absolute Gasteiger partial charge is 0.481 e. The van der Waals surface area contributed by atoms with Crippen LogP contribution < -0.4 is 0 Å². The molecule has 1 aliphatic rings. The van der Waals surface area contributed by atoms with Gasteiger partial charge in [-0.05, 0) is 18.4 Å². The van der Waals surface area contributed by atoms with Crippen molar-refractivity contribution in [2.24, 2.45) is 5.92 Å². The Morgan fingerprint density at radius 1 is 1.36 bits per heavy atom. The zero-order chi connectivity index (χ0) is 9.97. The van der Waals surface area contributed by atoms with E-state index >= 15 is 0 Å². The lowest BCUT2D eigenvalue weighted by Gasteiger charge is -2.14. The predicted octanol–water partition coefficient (Wildman–Crippen LogP) is 1.44. The Bertz CT molecular complexity index is 326. The van der Waals surface area contributed by atoms with Gasteiger partial charge < -0.3 is 5.11 Å². The number of nitrogens with zero attached hydrogens (tertiary/aromatic N) is 2. The van der Waals surface area contributed by atoms with Gasteiger partial charge in [-0.25, -0.2) is 9.97 Å². The van der Waals surface area contributed by atoms with Crippen molar-refractivity contribution in [1.29, 1.82) is 0 Å². The van der Waals surface area contributed by atoms with E-state index in [2.05, 4.69) is 9.97 Å². The highest BCUT2D eigenvalue weighted by atomic mass is 16.4. The van der Waals surface area contributed by atoms with Crippen molar-refractivity contribution in [2.75, 3.05) is 0 Å². The molecular weight excluding hydrogens is 180 g/mol. The second kappa shape index (κ2) is 3.74. The van der Waals surface area contributed by atoms with Crippen LogP contribution in [0.1, 0.15) is 30.7 Å². The maximum Gasteiger partial charge on any atom is 0.307 e. The van der Waals surface area contributed by atoms with Gasteiger partial charge in [0.2, 0.25) is 0 Å². The van der Waals surface area contributed by atoms with E-state index in [-0.39, 0.29) is 11.8 Å². The number of carboxylic acids is 1. The Labute approximate surface area is 82.0 Å². The lowest BCUT2D eigenvalue weighted by Crippen LogP contribution is -2.16. The molecular formula is C10H12N2O2. The molecule has 1 heterocycles. The summed E-state index contributed by atoms with van der Waals surface area (Å²) in [5.74, 6) is -0.842. The Kier molecular flexibility index (Phi) is 2.43. The first kappa shape index (κ1) is 9.12. The average molecular weight is 192 g/mol. The van der Waals surface area contributed by atoms with Crippen molar-refractivity contribution < 1.29 is 9.90 Å². The smallest absolute Gasteiger partial charge is 0.307 e. The van der Waals surface area contributed by atoms with Crippen molar-refractivity contribution in [3.8, 4) is 0 Å². The minimum absolute atomic E-state index is 0.105. The molecule has 0 aromatic carbocycles. The molecule has 1 saturated carbocycles. The molecule has 4 heteroatoms. The third-order valence-corrected chi connectivity index (χ3v) is 2.84. The number of carboxylic acid groups (broad SMARTS) is 1. The summed E-state index contributed by atoms with van der Waals surface area (Å²) < 4.78 is 0. The van der Waals surface area contributed by atoms with Crippen LogP contribution in [-0.4, -0.2) is 21.0 Å². The molecule has 0 aliphatic heterocycles. The molecule has 14 heavy (non-hydrogen) atoms. The van der Waals surface area contributed by atoms with Gasteiger partial charge in [0.15, 0.2) is 0 Å². The van der Waals surface area contributed by atoms with Crippen LogP contribution in [0.3, 0.4) is 0 Å². The van der Waals surface area contributed by atoms with E-state index < -0.39 is 5.97 Å². The summed E-state index contributed by atoms with van der Waals surface area (Å²) in [5.41, 5.74) is 0.956. The van der Waals surface area contributed by atoms with Gasteiger partial charge >= 0.3 is 5.97 Å². The minimum atomic E-state index is -0.698. The summed E-state index contributed by atoms with van der Waals surface area (Å²) in [4.78, 5) is 18.8. The van der Waals surface area contributed by atoms with Gasteiger partial charge in [0.1, 0.15) is 6.33 Å². The van der Waals surface area contributed by atoms with Gasteiger partial charge in [0.05, 0.1) is 5.92 Å². The van der Waals surface area contributed by atoms with Crippen molar-refractivity contribution in [3.05, 3.63) is 24.3 Å². The molecule has 2 rings (SSSR count). The summed E-state index contributed by atoms with van der Waals surface area (Å²) in [6.45, 7) is 0. The zero-order valence-corrected chi connectivity index (χ0v) is 7.76. The first-order valence-electron chi connectivity index (χ1n) is 4.77. The van der Waals surface area contributed by atoms with Crippen LogP contribution in [0.15, 0.2) is 18.7 Å². The van der Waals surface area contributed by atoms with Crippen LogP contribution in [-0.2, 0) is 4.79 Å². The van der Waals surface area contributed by atoms with Crippen LogP contribution in [0.4, 0.5) is 0 Å². The molecule has 1 aliphatic carbocycles. The topological polar surface area (TPSA) is 63.1 Å². The summed E-state index contributed by atoms with van der Waals surface area (Å²) in [5, 5.41) is 9.00. The number of rotatable bonds is 2. The van der Waals surface area contributed by atoms with Crippen LogP contribution >= 0.6 is 0 Å².